The Balaban J connectivity index is 1.82. The maximum absolute atomic E-state index is 12.6. The van der Waals surface area contributed by atoms with E-state index in [0.29, 0.717) is 25.4 Å². The molecule has 2 heterocycles. The third kappa shape index (κ3) is 6.27. The summed E-state index contributed by atoms with van der Waals surface area (Å²) in [6.45, 7) is 9.07. The van der Waals surface area contributed by atoms with Crippen LogP contribution in [0.4, 0.5) is 0 Å². The summed E-state index contributed by atoms with van der Waals surface area (Å²) in [5.74, 6) is 0.978. The molecule has 7 nitrogen and oxygen atoms in total. The minimum absolute atomic E-state index is 0.000890. The molecule has 7 heteroatoms. The van der Waals surface area contributed by atoms with Crippen molar-refractivity contribution in [2.24, 2.45) is 5.92 Å². The third-order valence-corrected chi connectivity index (χ3v) is 5.13. The van der Waals surface area contributed by atoms with Crippen molar-refractivity contribution in [3.63, 3.8) is 0 Å². The van der Waals surface area contributed by atoms with Crippen LogP contribution in [0.1, 0.15) is 58.7 Å². The van der Waals surface area contributed by atoms with Crippen LogP contribution in [-0.4, -0.2) is 51.0 Å². The molecule has 0 aliphatic carbocycles. The summed E-state index contributed by atoms with van der Waals surface area (Å²) in [7, 11) is 1.71. The number of aryl methyl sites for hydroxylation is 2. The van der Waals surface area contributed by atoms with E-state index in [-0.39, 0.29) is 11.9 Å². The van der Waals surface area contributed by atoms with E-state index in [0.717, 1.165) is 42.7 Å². The number of pyridine rings is 1. The first-order chi connectivity index (χ1) is 13.8. The SMILES string of the molecule is CCOC(=O)[C@H](CC(C)C)N(C)C(=O)CCCCCn1c(C)nc2cnccc21. The van der Waals surface area contributed by atoms with Crippen molar-refractivity contribution in [1.29, 1.82) is 0 Å². The summed E-state index contributed by atoms with van der Waals surface area (Å²) >= 11 is 0. The summed E-state index contributed by atoms with van der Waals surface area (Å²) in [6.07, 6.45) is 7.33. The zero-order valence-electron chi connectivity index (χ0n) is 18.4. The van der Waals surface area contributed by atoms with Crippen LogP contribution in [0.15, 0.2) is 18.5 Å². The van der Waals surface area contributed by atoms with Gasteiger partial charge in [0.1, 0.15) is 17.4 Å². The van der Waals surface area contributed by atoms with Gasteiger partial charge < -0.3 is 14.2 Å². The lowest BCUT2D eigenvalue weighted by molar-refractivity contribution is -0.154. The summed E-state index contributed by atoms with van der Waals surface area (Å²) in [5, 5.41) is 0. The van der Waals surface area contributed by atoms with Gasteiger partial charge in [0.15, 0.2) is 0 Å². The summed E-state index contributed by atoms with van der Waals surface area (Å²) in [6, 6.07) is 1.48. The molecular formula is C22H34N4O3. The highest BCUT2D eigenvalue weighted by atomic mass is 16.5. The van der Waals surface area contributed by atoms with Gasteiger partial charge in [0.2, 0.25) is 5.91 Å². The average molecular weight is 403 g/mol. The van der Waals surface area contributed by atoms with Gasteiger partial charge in [-0.2, -0.15) is 0 Å². The van der Waals surface area contributed by atoms with Crippen LogP contribution in [0.5, 0.6) is 0 Å². The predicted molar refractivity (Wildman–Crippen MR) is 113 cm³/mol. The van der Waals surface area contributed by atoms with E-state index in [1.54, 1.807) is 31.3 Å². The average Bonchev–Trinajstić information content (AvgIpc) is 3.00. The van der Waals surface area contributed by atoms with E-state index in [4.69, 9.17) is 4.74 Å². The number of carbonyl (C=O) groups excluding carboxylic acids is 2. The van der Waals surface area contributed by atoms with Gasteiger partial charge in [0.05, 0.1) is 18.3 Å². The molecular weight excluding hydrogens is 368 g/mol. The van der Waals surface area contributed by atoms with Crippen molar-refractivity contribution in [3.05, 3.63) is 24.3 Å². The van der Waals surface area contributed by atoms with Crippen LogP contribution in [0.2, 0.25) is 0 Å². The van der Waals surface area contributed by atoms with Crippen molar-refractivity contribution in [2.75, 3.05) is 13.7 Å². The number of aromatic nitrogens is 3. The van der Waals surface area contributed by atoms with E-state index in [1.807, 2.05) is 26.8 Å². The summed E-state index contributed by atoms with van der Waals surface area (Å²) in [4.78, 5) is 35.1. The lowest BCUT2D eigenvalue weighted by Gasteiger charge is -2.27. The second-order valence-corrected chi connectivity index (χ2v) is 7.89. The van der Waals surface area contributed by atoms with Gasteiger partial charge in [-0.05, 0) is 45.1 Å². The Labute approximate surface area is 173 Å². The summed E-state index contributed by atoms with van der Waals surface area (Å²) in [5.41, 5.74) is 2.01. The number of imidazole rings is 1. The number of fused-ring (bicyclic) bond motifs is 1. The molecule has 1 amide bonds. The number of likely N-dealkylation sites (N-methyl/N-ethyl adjacent to an activating group) is 1. The number of ether oxygens (including phenoxy) is 1. The van der Waals surface area contributed by atoms with Crippen LogP contribution in [0.25, 0.3) is 11.0 Å². The summed E-state index contributed by atoms with van der Waals surface area (Å²) < 4.78 is 7.36. The first-order valence-corrected chi connectivity index (χ1v) is 10.5. The van der Waals surface area contributed by atoms with Crippen molar-refractivity contribution in [2.45, 2.75) is 72.4 Å². The van der Waals surface area contributed by atoms with Crippen LogP contribution in [0.3, 0.4) is 0 Å². The predicted octanol–water partition coefficient (Wildman–Crippen LogP) is 3.74. The highest BCUT2D eigenvalue weighted by Crippen LogP contribution is 2.17. The van der Waals surface area contributed by atoms with E-state index >= 15 is 0 Å². The molecule has 0 saturated heterocycles. The van der Waals surface area contributed by atoms with Crippen LogP contribution < -0.4 is 0 Å². The number of unbranched alkanes of at least 4 members (excludes halogenated alkanes) is 2. The third-order valence-electron chi connectivity index (χ3n) is 5.13. The topological polar surface area (TPSA) is 77.3 Å². The minimum Gasteiger partial charge on any atom is -0.464 e. The fourth-order valence-electron chi connectivity index (χ4n) is 3.55. The van der Waals surface area contributed by atoms with Crippen LogP contribution in [-0.2, 0) is 20.9 Å². The number of rotatable bonds is 11. The number of esters is 1. The first-order valence-electron chi connectivity index (χ1n) is 10.5. The van der Waals surface area contributed by atoms with Gasteiger partial charge in [0.25, 0.3) is 0 Å². The standard InChI is InChI=1S/C22H34N4O3/c1-6-29-22(28)20(14-16(2)3)25(5)21(27)10-8-7-9-13-26-17(4)24-18-15-23-12-11-19(18)26/h11-12,15-16,20H,6-10,13-14H2,1-5H3/t20-/m0/s1. The Kier molecular flexibility index (Phi) is 8.61. The fourth-order valence-corrected chi connectivity index (χ4v) is 3.55. The molecule has 0 saturated carbocycles. The Morgan fingerprint density at radius 3 is 2.69 bits per heavy atom. The molecule has 0 aromatic carbocycles. The number of carbonyl (C=O) groups is 2. The molecule has 0 aliphatic rings. The van der Waals surface area contributed by atoms with Gasteiger partial charge in [0, 0.05) is 26.2 Å². The smallest absolute Gasteiger partial charge is 0.328 e. The molecule has 0 N–H and O–H groups in total. The monoisotopic (exact) mass is 402 g/mol. The molecule has 0 radical (unpaired) electrons. The second-order valence-electron chi connectivity index (χ2n) is 7.89. The Bertz CT molecular complexity index is 815. The quantitative estimate of drug-likeness (QED) is 0.423. The highest BCUT2D eigenvalue weighted by molar-refractivity contribution is 5.84. The van der Waals surface area contributed by atoms with Gasteiger partial charge in [-0.3, -0.25) is 9.78 Å². The van der Waals surface area contributed by atoms with Crippen LogP contribution in [0, 0.1) is 12.8 Å². The lowest BCUT2D eigenvalue weighted by Crippen LogP contribution is -2.44. The second kappa shape index (κ2) is 10.9. The Hall–Kier alpha value is -2.44. The maximum Gasteiger partial charge on any atom is 0.328 e. The molecule has 0 unspecified atom stereocenters. The number of hydrogen-bond acceptors (Lipinski definition) is 5. The van der Waals surface area contributed by atoms with Gasteiger partial charge in [-0.15, -0.1) is 0 Å². The number of nitrogens with zero attached hydrogens (tertiary/aromatic N) is 4. The largest absolute Gasteiger partial charge is 0.464 e. The maximum atomic E-state index is 12.6. The molecule has 2 aromatic heterocycles. The Morgan fingerprint density at radius 1 is 1.24 bits per heavy atom. The minimum atomic E-state index is -0.504. The first kappa shape index (κ1) is 22.8. The zero-order valence-corrected chi connectivity index (χ0v) is 18.4. The Morgan fingerprint density at radius 2 is 2.00 bits per heavy atom. The van der Waals surface area contributed by atoms with E-state index < -0.39 is 6.04 Å². The molecule has 0 spiro atoms. The molecule has 2 aromatic rings. The number of amides is 1. The normalized spacial score (nSPS) is 12.3. The number of hydrogen-bond donors (Lipinski definition) is 0. The fraction of sp³-hybridized carbons (Fsp3) is 0.636. The molecule has 2 rings (SSSR count). The molecule has 0 bridgehead atoms. The molecule has 1 atom stereocenters. The molecule has 0 fully saturated rings. The van der Waals surface area contributed by atoms with Gasteiger partial charge >= 0.3 is 5.97 Å². The van der Waals surface area contributed by atoms with Gasteiger partial charge in [-0.1, -0.05) is 20.3 Å². The highest BCUT2D eigenvalue weighted by Gasteiger charge is 2.28. The zero-order chi connectivity index (χ0) is 21.4. The van der Waals surface area contributed by atoms with E-state index in [1.165, 1.54) is 0 Å². The molecule has 0 aliphatic heterocycles. The van der Waals surface area contributed by atoms with Gasteiger partial charge in [-0.25, -0.2) is 9.78 Å². The molecule has 160 valence electrons. The van der Waals surface area contributed by atoms with Crippen molar-refractivity contribution >= 4 is 22.9 Å². The van der Waals surface area contributed by atoms with Crippen LogP contribution >= 0.6 is 0 Å². The van der Waals surface area contributed by atoms with E-state index in [9.17, 15) is 9.59 Å². The van der Waals surface area contributed by atoms with E-state index in [2.05, 4.69) is 14.5 Å². The molecule has 29 heavy (non-hydrogen) atoms. The van der Waals surface area contributed by atoms with Crippen molar-refractivity contribution < 1.29 is 14.3 Å². The van der Waals surface area contributed by atoms with Crippen molar-refractivity contribution in [1.82, 2.24) is 19.4 Å². The lowest BCUT2D eigenvalue weighted by atomic mass is 10.0. The van der Waals surface area contributed by atoms with Crippen molar-refractivity contribution in [3.8, 4) is 0 Å².